The molecule has 2 fully saturated rings. The fourth-order valence-electron chi connectivity index (χ4n) is 2.62. The summed E-state index contributed by atoms with van der Waals surface area (Å²) in [7, 11) is 0. The van der Waals surface area contributed by atoms with E-state index in [1.807, 2.05) is 0 Å². The highest BCUT2D eigenvalue weighted by Gasteiger charge is 2.41. The molecular formula is C11H13N5O3S. The van der Waals surface area contributed by atoms with Gasteiger partial charge in [-0.15, -0.1) is 15.3 Å². The van der Waals surface area contributed by atoms with Gasteiger partial charge in [0, 0.05) is 25.9 Å². The van der Waals surface area contributed by atoms with Gasteiger partial charge in [0.05, 0.1) is 13.2 Å². The van der Waals surface area contributed by atoms with Crippen LogP contribution >= 0.6 is 11.3 Å². The number of carbonyl (C=O) groups excluding carboxylic acids is 1. The largest absolute Gasteiger partial charge is 0.347 e. The first-order valence-corrected chi connectivity index (χ1v) is 7.31. The maximum Gasteiger partial charge on any atom is 0.284 e. The van der Waals surface area contributed by atoms with Crippen LogP contribution in [-0.2, 0) is 9.47 Å². The van der Waals surface area contributed by atoms with Gasteiger partial charge in [-0.1, -0.05) is 11.3 Å². The molecule has 106 valence electrons. The molecule has 2 aromatic heterocycles. The Hall–Kier alpha value is -1.58. The van der Waals surface area contributed by atoms with Gasteiger partial charge in [-0.3, -0.25) is 4.79 Å². The Morgan fingerprint density at radius 1 is 1.30 bits per heavy atom. The van der Waals surface area contributed by atoms with E-state index in [4.69, 9.17) is 9.47 Å². The molecule has 20 heavy (non-hydrogen) atoms. The second-order valence-corrected chi connectivity index (χ2v) is 5.82. The lowest BCUT2D eigenvalue weighted by Gasteiger charge is -2.37. The number of fused-ring (bicyclic) bond motifs is 1. The van der Waals surface area contributed by atoms with E-state index in [1.165, 1.54) is 22.2 Å². The number of ether oxygens (including phenoxy) is 2. The van der Waals surface area contributed by atoms with Crippen molar-refractivity contribution in [2.24, 2.45) is 0 Å². The predicted octanol–water partition coefficient (Wildman–Crippen LogP) is 0.165. The van der Waals surface area contributed by atoms with E-state index in [2.05, 4.69) is 15.3 Å². The molecule has 2 saturated heterocycles. The molecule has 2 aromatic rings. The SMILES string of the molecule is O=C(c1nn2cnnc2s1)N1CCC2(CC1)OCCO2. The van der Waals surface area contributed by atoms with Gasteiger partial charge in [0.15, 0.2) is 5.79 Å². The molecule has 0 N–H and O–H groups in total. The topological polar surface area (TPSA) is 81.9 Å². The van der Waals surface area contributed by atoms with Gasteiger partial charge >= 0.3 is 0 Å². The third-order valence-corrected chi connectivity index (χ3v) is 4.60. The number of rotatable bonds is 1. The molecule has 2 aliphatic heterocycles. The van der Waals surface area contributed by atoms with Crippen molar-refractivity contribution in [2.45, 2.75) is 18.6 Å². The Morgan fingerprint density at radius 3 is 2.75 bits per heavy atom. The monoisotopic (exact) mass is 295 g/mol. The minimum atomic E-state index is -0.460. The molecule has 1 spiro atoms. The standard InChI is InChI=1S/C11H13N5O3S/c17-9(8-14-16-7-12-13-10(16)20-8)15-3-1-11(2-4-15)18-5-6-19-11/h7H,1-6H2. The molecule has 0 bridgehead atoms. The molecule has 1 amide bonds. The molecule has 2 aliphatic rings. The number of amides is 1. The summed E-state index contributed by atoms with van der Waals surface area (Å²) in [6.45, 7) is 2.53. The lowest BCUT2D eigenvalue weighted by atomic mass is 10.0. The van der Waals surface area contributed by atoms with Gasteiger partial charge in [-0.2, -0.15) is 4.52 Å². The van der Waals surface area contributed by atoms with Crippen LogP contribution in [0, 0.1) is 0 Å². The van der Waals surface area contributed by atoms with Crippen LogP contribution in [0.3, 0.4) is 0 Å². The molecule has 0 radical (unpaired) electrons. The third kappa shape index (κ3) is 1.89. The van der Waals surface area contributed by atoms with Crippen molar-refractivity contribution in [3.8, 4) is 0 Å². The fraction of sp³-hybridized carbons (Fsp3) is 0.636. The molecule has 0 atom stereocenters. The van der Waals surface area contributed by atoms with Crippen LogP contribution in [0.2, 0.25) is 0 Å². The van der Waals surface area contributed by atoms with Crippen molar-refractivity contribution in [1.29, 1.82) is 0 Å². The van der Waals surface area contributed by atoms with E-state index < -0.39 is 5.79 Å². The van der Waals surface area contributed by atoms with Crippen LogP contribution < -0.4 is 0 Å². The lowest BCUT2D eigenvalue weighted by Crippen LogP contribution is -2.47. The quantitative estimate of drug-likeness (QED) is 0.745. The first-order chi connectivity index (χ1) is 9.76. The van der Waals surface area contributed by atoms with Gasteiger partial charge in [-0.05, 0) is 0 Å². The second kappa shape index (κ2) is 4.47. The minimum absolute atomic E-state index is 0.0617. The summed E-state index contributed by atoms with van der Waals surface area (Å²) in [5, 5.41) is 12.2. The number of likely N-dealkylation sites (tertiary alicyclic amines) is 1. The maximum atomic E-state index is 12.4. The number of carbonyl (C=O) groups is 1. The van der Waals surface area contributed by atoms with Crippen molar-refractivity contribution < 1.29 is 14.3 Å². The summed E-state index contributed by atoms with van der Waals surface area (Å²) in [6, 6.07) is 0. The van der Waals surface area contributed by atoms with Crippen molar-refractivity contribution in [3.05, 3.63) is 11.3 Å². The van der Waals surface area contributed by atoms with Gasteiger partial charge in [0.2, 0.25) is 9.97 Å². The van der Waals surface area contributed by atoms with Gasteiger partial charge in [0.1, 0.15) is 6.33 Å². The predicted molar refractivity (Wildman–Crippen MR) is 68.4 cm³/mol. The van der Waals surface area contributed by atoms with Crippen LogP contribution in [0.5, 0.6) is 0 Å². The average molecular weight is 295 g/mol. The Bertz CT molecular complexity index is 609. The summed E-state index contributed by atoms with van der Waals surface area (Å²) in [5.41, 5.74) is 0. The van der Waals surface area contributed by atoms with Crippen molar-refractivity contribution in [2.75, 3.05) is 26.3 Å². The summed E-state index contributed by atoms with van der Waals surface area (Å²) >= 11 is 1.25. The van der Waals surface area contributed by atoms with Crippen molar-refractivity contribution in [3.63, 3.8) is 0 Å². The lowest BCUT2D eigenvalue weighted by molar-refractivity contribution is -0.181. The number of aromatic nitrogens is 4. The van der Waals surface area contributed by atoms with Gasteiger partial charge < -0.3 is 14.4 Å². The smallest absolute Gasteiger partial charge is 0.284 e. The normalized spacial score (nSPS) is 21.9. The fourth-order valence-corrected chi connectivity index (χ4v) is 3.41. The average Bonchev–Trinajstić information content (AvgIpc) is 3.14. The number of hydrogen-bond donors (Lipinski definition) is 0. The highest BCUT2D eigenvalue weighted by Crippen LogP contribution is 2.31. The van der Waals surface area contributed by atoms with Crippen molar-refractivity contribution in [1.82, 2.24) is 24.7 Å². The second-order valence-electron chi connectivity index (χ2n) is 4.87. The van der Waals surface area contributed by atoms with Crippen molar-refractivity contribution >= 4 is 22.2 Å². The first kappa shape index (κ1) is 12.2. The summed E-state index contributed by atoms with van der Waals surface area (Å²) in [4.78, 5) is 14.8. The number of hydrogen-bond acceptors (Lipinski definition) is 7. The van der Waals surface area contributed by atoms with Gasteiger partial charge in [-0.25, -0.2) is 0 Å². The minimum Gasteiger partial charge on any atom is -0.347 e. The molecule has 4 heterocycles. The highest BCUT2D eigenvalue weighted by atomic mass is 32.1. The third-order valence-electron chi connectivity index (χ3n) is 3.70. The number of piperidine rings is 1. The summed E-state index contributed by atoms with van der Waals surface area (Å²) in [6.07, 6.45) is 2.92. The first-order valence-electron chi connectivity index (χ1n) is 6.50. The van der Waals surface area contributed by atoms with E-state index in [0.717, 1.165) is 0 Å². The zero-order chi connectivity index (χ0) is 13.6. The molecule has 4 rings (SSSR count). The Labute approximate surface area is 118 Å². The molecule has 8 nitrogen and oxygen atoms in total. The molecule has 9 heteroatoms. The highest BCUT2D eigenvalue weighted by molar-refractivity contribution is 7.18. The van der Waals surface area contributed by atoms with Crippen LogP contribution in [0.1, 0.15) is 22.6 Å². The van der Waals surface area contributed by atoms with E-state index in [9.17, 15) is 4.79 Å². The van der Waals surface area contributed by atoms with Crippen LogP contribution in [0.4, 0.5) is 0 Å². The Balaban J connectivity index is 1.48. The van der Waals surface area contributed by atoms with Crippen LogP contribution in [0.25, 0.3) is 4.96 Å². The number of nitrogens with zero attached hydrogens (tertiary/aromatic N) is 5. The van der Waals surface area contributed by atoms with Gasteiger partial charge in [0.25, 0.3) is 5.91 Å². The van der Waals surface area contributed by atoms with E-state index in [1.54, 1.807) is 4.90 Å². The Morgan fingerprint density at radius 2 is 2.05 bits per heavy atom. The van der Waals surface area contributed by atoms with Crippen LogP contribution in [-0.4, -0.2) is 62.7 Å². The van der Waals surface area contributed by atoms with E-state index >= 15 is 0 Å². The summed E-state index contributed by atoms with van der Waals surface area (Å²) in [5.74, 6) is -0.522. The maximum absolute atomic E-state index is 12.4. The molecule has 0 aromatic carbocycles. The van der Waals surface area contributed by atoms with E-state index in [-0.39, 0.29) is 5.91 Å². The molecular weight excluding hydrogens is 282 g/mol. The molecule has 0 unspecified atom stereocenters. The van der Waals surface area contributed by atoms with Crippen LogP contribution in [0.15, 0.2) is 6.33 Å². The molecule has 0 saturated carbocycles. The zero-order valence-electron chi connectivity index (χ0n) is 10.7. The molecule has 0 aliphatic carbocycles. The van der Waals surface area contributed by atoms with E-state index in [0.29, 0.717) is 49.1 Å². The zero-order valence-corrected chi connectivity index (χ0v) is 11.5. The summed E-state index contributed by atoms with van der Waals surface area (Å²) < 4.78 is 12.8. The Kier molecular flexibility index (Phi) is 2.72.